The molecule has 3 heterocycles. The van der Waals surface area contributed by atoms with Crippen LogP contribution in [0.1, 0.15) is 25.7 Å². The van der Waals surface area contributed by atoms with Crippen molar-refractivity contribution < 1.29 is 14.4 Å². The van der Waals surface area contributed by atoms with Crippen LogP contribution in [0.3, 0.4) is 0 Å². The molecule has 8 heteroatoms. The molecule has 128 valence electrons. The highest BCUT2D eigenvalue weighted by Crippen LogP contribution is 2.16. The van der Waals surface area contributed by atoms with E-state index in [1.54, 1.807) is 6.20 Å². The van der Waals surface area contributed by atoms with Crippen LogP contribution in [0.15, 0.2) is 24.4 Å². The maximum absolute atomic E-state index is 12.3. The Balaban J connectivity index is 1.40. The van der Waals surface area contributed by atoms with Gasteiger partial charge < -0.3 is 15.5 Å². The SMILES string of the molecule is O=C1NC(=O)[C@H](CCC(=O)N2CCC(Nc3ccccn3)CC2)N1. The molecule has 2 aliphatic heterocycles. The third kappa shape index (κ3) is 4.01. The third-order valence-corrected chi connectivity index (χ3v) is 4.37. The highest BCUT2D eigenvalue weighted by Gasteiger charge is 2.30. The fourth-order valence-electron chi connectivity index (χ4n) is 3.02. The van der Waals surface area contributed by atoms with E-state index in [-0.39, 0.29) is 18.2 Å². The van der Waals surface area contributed by atoms with Crippen molar-refractivity contribution in [3.8, 4) is 0 Å². The first kappa shape index (κ1) is 16.2. The van der Waals surface area contributed by atoms with E-state index in [0.29, 0.717) is 25.6 Å². The predicted molar refractivity (Wildman–Crippen MR) is 87.2 cm³/mol. The van der Waals surface area contributed by atoms with Crippen LogP contribution in [-0.4, -0.2) is 52.9 Å². The number of imide groups is 1. The Labute approximate surface area is 140 Å². The Bertz CT molecular complexity index is 613. The number of likely N-dealkylation sites (tertiary alicyclic amines) is 1. The molecule has 4 amide bonds. The molecule has 3 N–H and O–H groups in total. The summed E-state index contributed by atoms with van der Waals surface area (Å²) in [6, 6.07) is 4.97. The molecule has 1 aromatic rings. The van der Waals surface area contributed by atoms with Crippen LogP contribution in [0.4, 0.5) is 10.6 Å². The zero-order chi connectivity index (χ0) is 16.9. The summed E-state index contributed by atoms with van der Waals surface area (Å²) in [6.07, 6.45) is 4.07. The van der Waals surface area contributed by atoms with Gasteiger partial charge in [-0.15, -0.1) is 0 Å². The molecular formula is C16H21N5O3. The Morgan fingerprint density at radius 3 is 2.71 bits per heavy atom. The smallest absolute Gasteiger partial charge is 0.322 e. The molecule has 0 aromatic carbocycles. The molecule has 0 radical (unpaired) electrons. The number of amides is 4. The average molecular weight is 331 g/mol. The molecule has 2 aliphatic rings. The van der Waals surface area contributed by atoms with Crippen LogP contribution >= 0.6 is 0 Å². The first-order valence-corrected chi connectivity index (χ1v) is 8.18. The van der Waals surface area contributed by atoms with Crippen LogP contribution in [0.5, 0.6) is 0 Å². The molecule has 0 unspecified atom stereocenters. The van der Waals surface area contributed by atoms with E-state index >= 15 is 0 Å². The zero-order valence-electron chi connectivity index (χ0n) is 13.3. The first-order valence-electron chi connectivity index (χ1n) is 8.18. The van der Waals surface area contributed by atoms with Crippen molar-refractivity contribution >= 4 is 23.7 Å². The summed E-state index contributed by atoms with van der Waals surface area (Å²) in [5.74, 6) is 0.525. The average Bonchev–Trinajstić information content (AvgIpc) is 2.92. The second kappa shape index (κ2) is 7.29. The molecule has 2 saturated heterocycles. The number of aromatic nitrogens is 1. The summed E-state index contributed by atoms with van der Waals surface area (Å²) < 4.78 is 0. The van der Waals surface area contributed by atoms with Gasteiger partial charge >= 0.3 is 6.03 Å². The third-order valence-electron chi connectivity index (χ3n) is 4.37. The zero-order valence-corrected chi connectivity index (χ0v) is 13.3. The maximum Gasteiger partial charge on any atom is 0.322 e. The molecule has 1 aromatic heterocycles. The summed E-state index contributed by atoms with van der Waals surface area (Å²) in [5.41, 5.74) is 0. The predicted octanol–water partition coefficient (Wildman–Crippen LogP) is 0.473. The van der Waals surface area contributed by atoms with Gasteiger partial charge in [0.2, 0.25) is 5.91 Å². The fourth-order valence-corrected chi connectivity index (χ4v) is 3.02. The minimum absolute atomic E-state index is 0.0280. The number of urea groups is 1. The number of carbonyl (C=O) groups is 3. The van der Waals surface area contributed by atoms with E-state index in [4.69, 9.17) is 0 Å². The number of carbonyl (C=O) groups excluding carboxylic acids is 3. The normalized spacial score (nSPS) is 21.3. The summed E-state index contributed by atoms with van der Waals surface area (Å²) in [4.78, 5) is 40.8. The lowest BCUT2D eigenvalue weighted by Gasteiger charge is -2.32. The van der Waals surface area contributed by atoms with Gasteiger partial charge in [-0.1, -0.05) is 6.07 Å². The van der Waals surface area contributed by atoms with Crippen molar-refractivity contribution in [2.75, 3.05) is 18.4 Å². The van der Waals surface area contributed by atoms with Crippen LogP contribution in [0.2, 0.25) is 0 Å². The van der Waals surface area contributed by atoms with Crippen molar-refractivity contribution in [2.45, 2.75) is 37.8 Å². The van der Waals surface area contributed by atoms with E-state index in [2.05, 4.69) is 20.9 Å². The number of nitrogens with one attached hydrogen (secondary N) is 3. The number of rotatable bonds is 5. The van der Waals surface area contributed by atoms with Gasteiger partial charge in [0.15, 0.2) is 0 Å². The minimum Gasteiger partial charge on any atom is -0.367 e. The lowest BCUT2D eigenvalue weighted by molar-refractivity contribution is -0.132. The Morgan fingerprint density at radius 2 is 2.08 bits per heavy atom. The topological polar surface area (TPSA) is 103 Å². The van der Waals surface area contributed by atoms with Crippen molar-refractivity contribution in [2.24, 2.45) is 0 Å². The van der Waals surface area contributed by atoms with Gasteiger partial charge in [0.1, 0.15) is 11.9 Å². The number of piperidine rings is 1. The number of nitrogens with zero attached hydrogens (tertiary/aromatic N) is 2. The molecule has 3 rings (SSSR count). The van der Waals surface area contributed by atoms with E-state index in [9.17, 15) is 14.4 Å². The molecular weight excluding hydrogens is 310 g/mol. The van der Waals surface area contributed by atoms with E-state index in [1.807, 2.05) is 23.1 Å². The van der Waals surface area contributed by atoms with Gasteiger partial charge in [-0.2, -0.15) is 0 Å². The summed E-state index contributed by atoms with van der Waals surface area (Å²) in [6.45, 7) is 1.37. The van der Waals surface area contributed by atoms with Crippen LogP contribution < -0.4 is 16.0 Å². The quantitative estimate of drug-likeness (QED) is 0.681. The van der Waals surface area contributed by atoms with Gasteiger partial charge in [0, 0.05) is 31.7 Å². The standard InChI is InChI=1S/C16H21N5O3/c22-14(5-4-12-15(23)20-16(24)19-12)21-9-6-11(7-10-21)18-13-3-1-2-8-17-13/h1-3,8,11-12H,4-7,9-10H2,(H,17,18)(H2,19,20,23,24)/t12-/m0/s1. The van der Waals surface area contributed by atoms with Crippen LogP contribution in [-0.2, 0) is 9.59 Å². The molecule has 0 saturated carbocycles. The molecule has 0 bridgehead atoms. The summed E-state index contributed by atoms with van der Waals surface area (Å²) >= 11 is 0. The highest BCUT2D eigenvalue weighted by molar-refractivity contribution is 6.04. The molecule has 2 fully saturated rings. The van der Waals surface area contributed by atoms with Gasteiger partial charge in [0.25, 0.3) is 5.91 Å². The van der Waals surface area contributed by atoms with E-state index in [0.717, 1.165) is 18.7 Å². The molecule has 24 heavy (non-hydrogen) atoms. The number of hydrogen-bond acceptors (Lipinski definition) is 5. The number of pyridine rings is 1. The van der Waals surface area contributed by atoms with Crippen molar-refractivity contribution in [1.82, 2.24) is 20.5 Å². The van der Waals surface area contributed by atoms with Gasteiger partial charge in [0.05, 0.1) is 0 Å². The van der Waals surface area contributed by atoms with Gasteiger partial charge in [-0.25, -0.2) is 9.78 Å². The molecule has 0 spiro atoms. The van der Waals surface area contributed by atoms with E-state index < -0.39 is 12.1 Å². The Hall–Kier alpha value is -2.64. The van der Waals surface area contributed by atoms with Crippen LogP contribution in [0.25, 0.3) is 0 Å². The second-order valence-corrected chi connectivity index (χ2v) is 6.07. The molecule has 0 aliphatic carbocycles. The fraction of sp³-hybridized carbons (Fsp3) is 0.500. The van der Waals surface area contributed by atoms with E-state index in [1.165, 1.54) is 0 Å². The number of anilines is 1. The Morgan fingerprint density at radius 1 is 1.29 bits per heavy atom. The first-order chi connectivity index (χ1) is 11.6. The second-order valence-electron chi connectivity index (χ2n) is 6.07. The number of hydrogen-bond donors (Lipinski definition) is 3. The Kier molecular flexibility index (Phi) is 4.93. The summed E-state index contributed by atoms with van der Waals surface area (Å²) in [5, 5.41) is 8.06. The lowest BCUT2D eigenvalue weighted by atomic mass is 10.0. The van der Waals surface area contributed by atoms with Crippen molar-refractivity contribution in [3.05, 3.63) is 24.4 Å². The molecule has 1 atom stereocenters. The minimum atomic E-state index is -0.593. The maximum atomic E-state index is 12.3. The van der Waals surface area contributed by atoms with Crippen molar-refractivity contribution in [3.63, 3.8) is 0 Å². The van der Waals surface area contributed by atoms with Crippen LogP contribution in [0, 0.1) is 0 Å². The van der Waals surface area contributed by atoms with Gasteiger partial charge in [-0.3, -0.25) is 14.9 Å². The molecule has 8 nitrogen and oxygen atoms in total. The largest absolute Gasteiger partial charge is 0.367 e. The summed E-state index contributed by atoms with van der Waals surface area (Å²) in [7, 11) is 0. The highest BCUT2D eigenvalue weighted by atomic mass is 16.2. The monoisotopic (exact) mass is 331 g/mol. The van der Waals surface area contributed by atoms with Crippen molar-refractivity contribution in [1.29, 1.82) is 0 Å². The van der Waals surface area contributed by atoms with Gasteiger partial charge in [-0.05, 0) is 31.4 Å². The lowest BCUT2D eigenvalue weighted by Crippen LogP contribution is -2.43.